The first-order chi connectivity index (χ1) is 14.4. The average molecular weight is 428 g/mol. The van der Waals surface area contributed by atoms with Crippen molar-refractivity contribution in [2.24, 2.45) is 5.41 Å². The third-order valence-corrected chi connectivity index (χ3v) is 6.10. The number of carbonyl (C=O) groups is 2. The molecular weight excluding hydrogens is 398 g/mol. The van der Waals surface area contributed by atoms with Crippen LogP contribution in [0, 0.1) is 5.41 Å². The smallest absolute Gasteiger partial charge is 0.253 e. The monoisotopic (exact) mass is 427 g/mol. The molecule has 1 aliphatic rings. The Labute approximate surface area is 183 Å². The van der Waals surface area contributed by atoms with Gasteiger partial charge in [-0.3, -0.25) is 9.59 Å². The molecule has 3 rings (SSSR count). The van der Waals surface area contributed by atoms with E-state index in [0.29, 0.717) is 17.8 Å². The average Bonchev–Trinajstić information content (AvgIpc) is 3.29. The Morgan fingerprint density at radius 1 is 1.07 bits per heavy atom. The van der Waals surface area contributed by atoms with Gasteiger partial charge in [0, 0.05) is 36.9 Å². The lowest BCUT2D eigenvalue weighted by atomic mass is 9.95. The zero-order valence-electron chi connectivity index (χ0n) is 17.7. The molecule has 1 fully saturated rings. The number of hydrogen-bond donors (Lipinski definition) is 2. The summed E-state index contributed by atoms with van der Waals surface area (Å²) < 4.78 is 0. The minimum atomic E-state index is -0.687. The van der Waals surface area contributed by atoms with Crippen molar-refractivity contribution < 1.29 is 9.59 Å². The quantitative estimate of drug-likeness (QED) is 0.611. The summed E-state index contributed by atoms with van der Waals surface area (Å²) in [6.07, 6.45) is 3.01. The van der Waals surface area contributed by atoms with Crippen LogP contribution in [-0.4, -0.2) is 37.3 Å². The van der Waals surface area contributed by atoms with Crippen LogP contribution >= 0.6 is 11.6 Å². The lowest BCUT2D eigenvalue weighted by molar-refractivity contribution is -0.122. The van der Waals surface area contributed by atoms with E-state index in [1.807, 2.05) is 30.3 Å². The topological polar surface area (TPSA) is 61.4 Å². The van der Waals surface area contributed by atoms with Gasteiger partial charge in [0.1, 0.15) is 0 Å². The molecule has 0 radical (unpaired) electrons. The molecule has 2 N–H and O–H groups in total. The van der Waals surface area contributed by atoms with E-state index < -0.39 is 5.41 Å². The van der Waals surface area contributed by atoms with E-state index in [-0.39, 0.29) is 17.7 Å². The van der Waals surface area contributed by atoms with Gasteiger partial charge in [0.2, 0.25) is 5.91 Å². The standard InChI is InChI=1S/C24H30ClN3O2/c1-24(2,17-25)23(30)27-19-10-11-21(28-14-6-7-15-28)20(16-19)22(29)26-13-12-18-8-4-3-5-9-18/h3-5,8-11,16H,6-7,12-15,17H2,1-2H3,(H,26,29)(H,27,30). The second kappa shape index (κ2) is 9.98. The lowest BCUT2D eigenvalue weighted by Gasteiger charge is -2.23. The molecule has 1 heterocycles. The first-order valence-electron chi connectivity index (χ1n) is 10.5. The number of nitrogens with one attached hydrogen (secondary N) is 2. The zero-order valence-corrected chi connectivity index (χ0v) is 18.5. The Balaban J connectivity index is 1.76. The number of alkyl halides is 1. The summed E-state index contributed by atoms with van der Waals surface area (Å²) >= 11 is 5.92. The Morgan fingerprint density at radius 2 is 1.77 bits per heavy atom. The van der Waals surface area contributed by atoms with E-state index in [1.165, 1.54) is 5.56 Å². The first-order valence-corrected chi connectivity index (χ1v) is 11.0. The highest BCUT2D eigenvalue weighted by Gasteiger charge is 2.27. The molecule has 160 valence electrons. The number of benzene rings is 2. The molecule has 0 atom stereocenters. The molecule has 0 unspecified atom stereocenters. The van der Waals surface area contributed by atoms with Gasteiger partial charge in [-0.1, -0.05) is 30.3 Å². The van der Waals surface area contributed by atoms with Gasteiger partial charge in [-0.25, -0.2) is 0 Å². The molecule has 30 heavy (non-hydrogen) atoms. The Morgan fingerprint density at radius 3 is 2.43 bits per heavy atom. The van der Waals surface area contributed by atoms with E-state index >= 15 is 0 Å². The van der Waals surface area contributed by atoms with Crippen LogP contribution < -0.4 is 15.5 Å². The number of hydrogen-bond acceptors (Lipinski definition) is 3. The van der Waals surface area contributed by atoms with Gasteiger partial charge in [-0.05, 0) is 56.9 Å². The normalized spacial score (nSPS) is 13.9. The molecule has 0 spiro atoms. The van der Waals surface area contributed by atoms with Crippen LogP contribution in [0.4, 0.5) is 11.4 Å². The summed E-state index contributed by atoms with van der Waals surface area (Å²) in [5.41, 5.74) is 2.61. The van der Waals surface area contributed by atoms with Crippen molar-refractivity contribution >= 4 is 34.8 Å². The van der Waals surface area contributed by atoms with Crippen LogP contribution in [0.25, 0.3) is 0 Å². The molecule has 2 aromatic carbocycles. The summed E-state index contributed by atoms with van der Waals surface area (Å²) in [6.45, 7) is 6.03. The third-order valence-electron chi connectivity index (χ3n) is 5.44. The van der Waals surface area contributed by atoms with Crippen LogP contribution in [0.2, 0.25) is 0 Å². The number of halogens is 1. The number of amides is 2. The molecule has 1 saturated heterocycles. The summed E-state index contributed by atoms with van der Waals surface area (Å²) in [7, 11) is 0. The van der Waals surface area contributed by atoms with Gasteiger partial charge in [0.25, 0.3) is 5.91 Å². The fraction of sp³-hybridized carbons (Fsp3) is 0.417. The van der Waals surface area contributed by atoms with Gasteiger partial charge in [-0.15, -0.1) is 11.6 Å². The molecule has 0 bridgehead atoms. The fourth-order valence-corrected chi connectivity index (χ4v) is 3.57. The van der Waals surface area contributed by atoms with Crippen LogP contribution in [0.15, 0.2) is 48.5 Å². The minimum Gasteiger partial charge on any atom is -0.371 e. The highest BCUT2D eigenvalue weighted by atomic mass is 35.5. The highest BCUT2D eigenvalue weighted by Crippen LogP contribution is 2.29. The lowest BCUT2D eigenvalue weighted by Crippen LogP contribution is -2.32. The van der Waals surface area contributed by atoms with Gasteiger partial charge in [0.05, 0.1) is 11.0 Å². The zero-order chi connectivity index (χ0) is 21.6. The second-order valence-electron chi connectivity index (χ2n) is 8.39. The molecule has 2 aromatic rings. The van der Waals surface area contributed by atoms with E-state index in [9.17, 15) is 9.59 Å². The molecule has 0 aliphatic carbocycles. The van der Waals surface area contributed by atoms with Crippen LogP contribution in [0.1, 0.15) is 42.6 Å². The van der Waals surface area contributed by atoms with Crippen molar-refractivity contribution in [3.8, 4) is 0 Å². The molecule has 6 heteroatoms. The summed E-state index contributed by atoms with van der Waals surface area (Å²) in [5, 5.41) is 5.94. The van der Waals surface area contributed by atoms with Crippen molar-refractivity contribution in [1.82, 2.24) is 5.32 Å². The number of nitrogens with zero attached hydrogens (tertiary/aromatic N) is 1. The predicted octanol–water partition coefficient (Wildman–Crippen LogP) is 4.46. The van der Waals surface area contributed by atoms with Crippen molar-refractivity contribution in [2.75, 3.05) is 35.7 Å². The summed E-state index contributed by atoms with van der Waals surface area (Å²) in [5.74, 6) is -0.0697. The number of anilines is 2. The SMILES string of the molecule is CC(C)(CCl)C(=O)Nc1ccc(N2CCCC2)c(C(=O)NCCc2ccccc2)c1. The highest BCUT2D eigenvalue weighted by molar-refractivity contribution is 6.20. The van der Waals surface area contributed by atoms with Crippen LogP contribution in [0.3, 0.4) is 0 Å². The van der Waals surface area contributed by atoms with Gasteiger partial charge in [-0.2, -0.15) is 0 Å². The van der Waals surface area contributed by atoms with Crippen LogP contribution in [-0.2, 0) is 11.2 Å². The number of rotatable bonds is 8. The minimum absolute atomic E-state index is 0.125. The first kappa shape index (κ1) is 22.2. The molecule has 0 saturated carbocycles. The van der Waals surface area contributed by atoms with Crippen molar-refractivity contribution in [2.45, 2.75) is 33.1 Å². The third kappa shape index (κ3) is 5.54. The summed E-state index contributed by atoms with van der Waals surface area (Å²) in [6, 6.07) is 15.6. The molecular formula is C24H30ClN3O2. The second-order valence-corrected chi connectivity index (χ2v) is 8.66. The van der Waals surface area contributed by atoms with E-state index in [4.69, 9.17) is 11.6 Å². The van der Waals surface area contributed by atoms with E-state index in [1.54, 1.807) is 19.9 Å². The fourth-order valence-electron chi connectivity index (χ4n) is 3.45. The Hall–Kier alpha value is -2.53. The Kier molecular flexibility index (Phi) is 7.38. The van der Waals surface area contributed by atoms with Gasteiger partial charge >= 0.3 is 0 Å². The molecule has 5 nitrogen and oxygen atoms in total. The van der Waals surface area contributed by atoms with Crippen molar-refractivity contribution in [3.05, 3.63) is 59.7 Å². The molecule has 0 aromatic heterocycles. The van der Waals surface area contributed by atoms with Crippen molar-refractivity contribution in [1.29, 1.82) is 0 Å². The Bertz CT molecular complexity index is 877. The van der Waals surface area contributed by atoms with E-state index in [2.05, 4.69) is 27.7 Å². The number of carbonyl (C=O) groups excluding carboxylic acids is 2. The maximum absolute atomic E-state index is 13.0. The van der Waals surface area contributed by atoms with Gasteiger partial charge in [0.15, 0.2) is 0 Å². The molecule has 1 aliphatic heterocycles. The van der Waals surface area contributed by atoms with E-state index in [0.717, 1.165) is 38.0 Å². The van der Waals surface area contributed by atoms with Crippen LogP contribution in [0.5, 0.6) is 0 Å². The van der Waals surface area contributed by atoms with Crippen molar-refractivity contribution in [3.63, 3.8) is 0 Å². The largest absolute Gasteiger partial charge is 0.371 e. The molecule has 2 amide bonds. The summed E-state index contributed by atoms with van der Waals surface area (Å²) in [4.78, 5) is 27.8. The maximum Gasteiger partial charge on any atom is 0.253 e. The predicted molar refractivity (Wildman–Crippen MR) is 123 cm³/mol. The maximum atomic E-state index is 13.0. The van der Waals surface area contributed by atoms with Gasteiger partial charge < -0.3 is 15.5 Å².